The molecule has 7 heteroatoms. The molecule has 0 amide bonds. The first kappa shape index (κ1) is 20.5. The Kier molecular flexibility index (Phi) is 5.56. The summed E-state index contributed by atoms with van der Waals surface area (Å²) in [6, 6.07) is 8.52. The van der Waals surface area contributed by atoms with E-state index in [-0.39, 0.29) is 0 Å². The number of aromatic hydroxyl groups is 1. The highest BCUT2D eigenvalue weighted by molar-refractivity contribution is 5.92. The predicted octanol–water partition coefficient (Wildman–Crippen LogP) is 2.83. The van der Waals surface area contributed by atoms with Crippen LogP contribution in [0.3, 0.4) is 0 Å². The number of carboxylic acids is 1. The summed E-state index contributed by atoms with van der Waals surface area (Å²) in [5.41, 5.74) is 1.41. The Morgan fingerprint density at radius 1 is 1.23 bits per heavy atom. The molecule has 2 fully saturated rings. The van der Waals surface area contributed by atoms with E-state index < -0.39 is 22.8 Å². The molecule has 1 aromatic carbocycles. The van der Waals surface area contributed by atoms with E-state index >= 15 is 0 Å². The third-order valence-corrected chi connectivity index (χ3v) is 6.85. The molecule has 30 heavy (non-hydrogen) atoms. The zero-order valence-corrected chi connectivity index (χ0v) is 17.4. The number of pyridine rings is 1. The van der Waals surface area contributed by atoms with E-state index in [1.54, 1.807) is 0 Å². The van der Waals surface area contributed by atoms with E-state index in [2.05, 4.69) is 22.2 Å². The quantitative estimate of drug-likeness (QED) is 0.603. The van der Waals surface area contributed by atoms with Gasteiger partial charge in [0.1, 0.15) is 5.75 Å². The highest BCUT2D eigenvalue weighted by atomic mass is 16.4. The van der Waals surface area contributed by atoms with Crippen LogP contribution in [0.2, 0.25) is 0 Å². The summed E-state index contributed by atoms with van der Waals surface area (Å²) >= 11 is 0. The van der Waals surface area contributed by atoms with Gasteiger partial charge in [-0.2, -0.15) is 0 Å². The number of fused-ring (bicyclic) bond motifs is 1. The summed E-state index contributed by atoms with van der Waals surface area (Å²) in [5.74, 6) is -0.485. The van der Waals surface area contributed by atoms with Gasteiger partial charge in [-0.15, -0.1) is 0 Å². The van der Waals surface area contributed by atoms with Crippen LogP contribution in [0.4, 0.5) is 5.69 Å². The second-order valence-electron chi connectivity index (χ2n) is 8.39. The molecule has 1 aromatic heterocycles. The number of aromatic amines is 1. The molecule has 0 unspecified atom stereocenters. The normalized spacial score (nSPS) is 23.4. The maximum atomic E-state index is 12.2. The van der Waals surface area contributed by atoms with Crippen molar-refractivity contribution < 1.29 is 15.0 Å². The number of benzene rings is 1. The molecule has 1 saturated carbocycles. The van der Waals surface area contributed by atoms with Gasteiger partial charge in [0.2, 0.25) is 0 Å². The van der Waals surface area contributed by atoms with Gasteiger partial charge in [-0.25, -0.2) is 4.79 Å². The zero-order chi connectivity index (χ0) is 21.4. The lowest BCUT2D eigenvalue weighted by Gasteiger charge is -2.32. The summed E-state index contributed by atoms with van der Waals surface area (Å²) in [6.07, 6.45) is 4.21. The molecule has 0 radical (unpaired) electrons. The molecule has 1 aliphatic heterocycles. The fraction of sp³-hybridized carbons (Fsp3) is 0.478. The number of hydrogen-bond donors (Lipinski definition) is 4. The van der Waals surface area contributed by atoms with Gasteiger partial charge in [-0.05, 0) is 55.8 Å². The van der Waals surface area contributed by atoms with Crippen molar-refractivity contribution in [3.8, 4) is 17.0 Å². The molecule has 2 aliphatic rings. The summed E-state index contributed by atoms with van der Waals surface area (Å²) < 4.78 is 0. The van der Waals surface area contributed by atoms with E-state index in [4.69, 9.17) is 0 Å². The monoisotopic (exact) mass is 411 g/mol. The summed E-state index contributed by atoms with van der Waals surface area (Å²) in [6.45, 7) is 3.93. The van der Waals surface area contributed by atoms with Crippen LogP contribution in [0.1, 0.15) is 42.1 Å². The van der Waals surface area contributed by atoms with E-state index in [0.29, 0.717) is 29.6 Å². The fourth-order valence-corrected chi connectivity index (χ4v) is 5.30. The second kappa shape index (κ2) is 8.14. The number of rotatable bonds is 5. The van der Waals surface area contributed by atoms with Crippen LogP contribution >= 0.6 is 0 Å². The molecule has 7 nitrogen and oxygen atoms in total. The minimum Gasteiger partial charge on any atom is -0.506 e. The summed E-state index contributed by atoms with van der Waals surface area (Å²) in [4.78, 5) is 28.6. The Labute approximate surface area is 175 Å². The molecule has 160 valence electrons. The van der Waals surface area contributed by atoms with Crippen molar-refractivity contribution in [1.82, 2.24) is 10.3 Å². The van der Waals surface area contributed by atoms with Crippen molar-refractivity contribution in [1.29, 1.82) is 0 Å². The predicted molar refractivity (Wildman–Crippen MR) is 116 cm³/mol. The molecule has 1 saturated heterocycles. The maximum absolute atomic E-state index is 12.2. The average molecular weight is 412 g/mol. The first-order valence-electron chi connectivity index (χ1n) is 10.7. The van der Waals surface area contributed by atoms with Crippen LogP contribution in [0, 0.1) is 11.8 Å². The van der Waals surface area contributed by atoms with Gasteiger partial charge in [-0.1, -0.05) is 25.5 Å². The number of nitrogens with one attached hydrogen (secondary N) is 2. The number of carboxylic acid groups (broad SMARTS) is 1. The van der Waals surface area contributed by atoms with Crippen molar-refractivity contribution in [2.45, 2.75) is 38.6 Å². The largest absolute Gasteiger partial charge is 0.506 e. The molecule has 4 N–H and O–H groups in total. The lowest BCUT2D eigenvalue weighted by molar-refractivity contribution is 0.0691. The minimum atomic E-state index is -1.43. The Hall–Kier alpha value is -2.80. The number of H-pyrrole nitrogens is 1. The molecule has 3 atom stereocenters. The van der Waals surface area contributed by atoms with Crippen LogP contribution in [-0.4, -0.2) is 47.3 Å². The Morgan fingerprint density at radius 3 is 2.60 bits per heavy atom. The van der Waals surface area contributed by atoms with Crippen LogP contribution in [-0.2, 0) is 6.42 Å². The van der Waals surface area contributed by atoms with Crippen molar-refractivity contribution in [2.75, 3.05) is 25.0 Å². The van der Waals surface area contributed by atoms with Gasteiger partial charge in [0.05, 0.1) is 5.69 Å². The van der Waals surface area contributed by atoms with Crippen molar-refractivity contribution in [2.24, 2.45) is 11.8 Å². The highest BCUT2D eigenvalue weighted by Gasteiger charge is 2.39. The summed E-state index contributed by atoms with van der Waals surface area (Å²) in [5, 5.41) is 23.1. The molecular formula is C23H29N3O4. The van der Waals surface area contributed by atoms with Crippen molar-refractivity contribution >= 4 is 11.7 Å². The third-order valence-electron chi connectivity index (χ3n) is 6.85. The average Bonchev–Trinajstić information content (AvgIpc) is 3.17. The van der Waals surface area contributed by atoms with Crippen LogP contribution in [0.5, 0.6) is 5.75 Å². The van der Waals surface area contributed by atoms with E-state index in [1.165, 1.54) is 19.3 Å². The minimum absolute atomic E-state index is 0.404. The smallest absolute Gasteiger partial charge is 0.345 e. The van der Waals surface area contributed by atoms with Crippen molar-refractivity contribution in [3.05, 3.63) is 45.7 Å². The van der Waals surface area contributed by atoms with Gasteiger partial charge < -0.3 is 25.4 Å². The maximum Gasteiger partial charge on any atom is 0.345 e. The van der Waals surface area contributed by atoms with Crippen LogP contribution in [0.15, 0.2) is 29.1 Å². The standard InChI is InChI=1S/C23H29N3O4/c1-3-16-20(25-22(28)19(21(16)27)23(29)30)13-7-9-15(10-8-13)26-11-14-5-4-6-18(24-2)17(14)12-26/h7-10,14,17-18,24H,3-6,11-12H2,1-2H3,(H,29,30)(H2,25,27,28)/t14-,17+,18-/m1/s1. The van der Waals surface area contributed by atoms with Crippen molar-refractivity contribution in [3.63, 3.8) is 0 Å². The molecule has 2 heterocycles. The Balaban J connectivity index is 1.62. The molecule has 1 aliphatic carbocycles. The number of carbonyl (C=O) groups is 1. The van der Waals surface area contributed by atoms with Gasteiger partial charge >= 0.3 is 5.97 Å². The second-order valence-corrected chi connectivity index (χ2v) is 8.39. The highest BCUT2D eigenvalue weighted by Crippen LogP contribution is 2.39. The van der Waals surface area contributed by atoms with Crippen LogP contribution < -0.4 is 15.8 Å². The summed E-state index contributed by atoms with van der Waals surface area (Å²) in [7, 11) is 2.06. The van der Waals surface area contributed by atoms with Gasteiger partial charge in [0.25, 0.3) is 5.56 Å². The first-order valence-corrected chi connectivity index (χ1v) is 10.7. The molecule has 4 rings (SSSR count). The lowest BCUT2D eigenvalue weighted by atomic mass is 9.78. The molecule has 0 bridgehead atoms. The first-order chi connectivity index (χ1) is 14.4. The SMILES string of the molecule is CCc1c(-c2ccc(N3C[C@H]4CCC[C@@H](NC)[C@H]4C3)cc2)[nH]c(=O)c(C(=O)O)c1O. The third kappa shape index (κ3) is 3.47. The van der Waals surface area contributed by atoms with E-state index in [1.807, 2.05) is 31.2 Å². The Morgan fingerprint density at radius 2 is 1.97 bits per heavy atom. The fourth-order valence-electron chi connectivity index (χ4n) is 5.30. The van der Waals surface area contributed by atoms with Crippen LogP contribution in [0.25, 0.3) is 11.3 Å². The molecular weight excluding hydrogens is 382 g/mol. The van der Waals surface area contributed by atoms with Gasteiger partial charge in [-0.3, -0.25) is 4.79 Å². The molecule has 2 aromatic rings. The number of aromatic carboxylic acids is 1. The van der Waals surface area contributed by atoms with Gasteiger partial charge in [0, 0.05) is 30.4 Å². The number of anilines is 1. The Bertz CT molecular complexity index is 999. The molecule has 0 spiro atoms. The lowest BCUT2D eigenvalue weighted by Crippen LogP contribution is -2.40. The van der Waals surface area contributed by atoms with E-state index in [0.717, 1.165) is 30.3 Å². The number of nitrogens with zero attached hydrogens (tertiary/aromatic N) is 1. The topological polar surface area (TPSA) is 106 Å². The zero-order valence-electron chi connectivity index (χ0n) is 17.4. The number of hydrogen-bond acceptors (Lipinski definition) is 5. The van der Waals surface area contributed by atoms with E-state index in [9.17, 15) is 19.8 Å². The number of aromatic nitrogens is 1. The van der Waals surface area contributed by atoms with Gasteiger partial charge in [0.15, 0.2) is 5.56 Å².